The molecule has 3 N–H and O–H groups in total. The molecule has 7 nitrogen and oxygen atoms in total. The van der Waals surface area contributed by atoms with E-state index in [2.05, 4.69) is 32.1 Å². The van der Waals surface area contributed by atoms with Crippen LogP contribution in [-0.4, -0.2) is 30.1 Å². The van der Waals surface area contributed by atoms with Crippen LogP contribution in [0.15, 0.2) is 40.9 Å². The molecule has 2 aromatic rings. The summed E-state index contributed by atoms with van der Waals surface area (Å²) in [6.45, 7) is 6.30. The number of amides is 2. The van der Waals surface area contributed by atoms with E-state index in [1.807, 2.05) is 32.9 Å². The number of ether oxygens (including phenoxy) is 2. The second-order valence-corrected chi connectivity index (χ2v) is 7.70. The summed E-state index contributed by atoms with van der Waals surface area (Å²) in [5.41, 5.74) is 7.31. The molecule has 2 rings (SSSR count). The maximum atomic E-state index is 12.3. The lowest BCUT2D eigenvalue weighted by Crippen LogP contribution is -2.49. The molecule has 0 aliphatic carbocycles. The molecule has 0 bridgehead atoms. The predicted molar refractivity (Wildman–Crippen MR) is 123 cm³/mol. The second-order valence-electron chi connectivity index (χ2n) is 6.44. The highest BCUT2D eigenvalue weighted by molar-refractivity contribution is 9.10. The number of hydrazine groups is 1. The van der Waals surface area contributed by atoms with Gasteiger partial charge in [0.2, 0.25) is 0 Å². The van der Waals surface area contributed by atoms with Crippen LogP contribution < -0.4 is 25.6 Å². The van der Waals surface area contributed by atoms with E-state index >= 15 is 0 Å². The first-order valence-electron chi connectivity index (χ1n) is 9.33. The Labute approximate surface area is 189 Å². The van der Waals surface area contributed by atoms with Crippen molar-refractivity contribution in [3.8, 4) is 11.5 Å². The average molecular weight is 494 g/mol. The van der Waals surface area contributed by atoms with Gasteiger partial charge < -0.3 is 9.47 Å². The summed E-state index contributed by atoms with van der Waals surface area (Å²) in [4.78, 5) is 24.3. The topological polar surface area (TPSA) is 88.7 Å². The molecule has 0 spiro atoms. The Morgan fingerprint density at radius 1 is 1.07 bits per heavy atom. The van der Waals surface area contributed by atoms with Gasteiger partial charge in [-0.3, -0.25) is 25.8 Å². The number of nitrogens with one attached hydrogen (secondary N) is 3. The monoisotopic (exact) mass is 493 g/mol. The van der Waals surface area contributed by atoms with Crippen molar-refractivity contribution in [3.05, 3.63) is 57.6 Å². The molecule has 0 unspecified atom stereocenters. The predicted octanol–water partition coefficient (Wildman–Crippen LogP) is 3.57. The van der Waals surface area contributed by atoms with E-state index in [-0.39, 0.29) is 11.7 Å². The number of benzene rings is 2. The molecule has 0 fully saturated rings. The molecule has 0 heterocycles. The molecule has 2 amide bonds. The third-order valence-corrected chi connectivity index (χ3v) is 4.94. The maximum absolute atomic E-state index is 12.3. The van der Waals surface area contributed by atoms with Crippen molar-refractivity contribution in [1.82, 2.24) is 16.2 Å². The van der Waals surface area contributed by atoms with E-state index in [1.54, 1.807) is 24.3 Å². The zero-order valence-corrected chi connectivity index (χ0v) is 19.4. The molecule has 160 valence electrons. The number of hydrogen-bond donors (Lipinski definition) is 3. The highest BCUT2D eigenvalue weighted by Crippen LogP contribution is 2.26. The lowest BCUT2D eigenvalue weighted by molar-refractivity contribution is -0.123. The van der Waals surface area contributed by atoms with Gasteiger partial charge in [0.15, 0.2) is 11.7 Å². The molecule has 0 aliphatic rings. The Hall–Kier alpha value is -2.65. The van der Waals surface area contributed by atoms with Crippen molar-refractivity contribution in [3.63, 3.8) is 0 Å². The molecular weight excluding hydrogens is 470 g/mol. The van der Waals surface area contributed by atoms with Gasteiger partial charge in [0, 0.05) is 5.56 Å². The SMILES string of the molecule is CCCOc1ccc(C(=O)NC(=S)NNC(=O)COc2cccc(C)c2C)cc1Br. The van der Waals surface area contributed by atoms with Gasteiger partial charge in [-0.2, -0.15) is 0 Å². The summed E-state index contributed by atoms with van der Waals surface area (Å²) in [6.07, 6.45) is 0.885. The van der Waals surface area contributed by atoms with Gasteiger partial charge in [0.25, 0.3) is 11.8 Å². The average Bonchev–Trinajstić information content (AvgIpc) is 2.72. The molecule has 0 aliphatic heterocycles. The van der Waals surface area contributed by atoms with Crippen LogP contribution in [0.25, 0.3) is 0 Å². The van der Waals surface area contributed by atoms with Crippen LogP contribution in [-0.2, 0) is 4.79 Å². The van der Waals surface area contributed by atoms with Crippen LogP contribution in [0.1, 0.15) is 34.8 Å². The van der Waals surface area contributed by atoms with E-state index in [4.69, 9.17) is 21.7 Å². The quantitative estimate of drug-likeness (QED) is 0.403. The fourth-order valence-electron chi connectivity index (χ4n) is 2.36. The minimum absolute atomic E-state index is 0.0393. The van der Waals surface area contributed by atoms with Gasteiger partial charge in [-0.25, -0.2) is 0 Å². The van der Waals surface area contributed by atoms with E-state index in [0.29, 0.717) is 28.1 Å². The minimum Gasteiger partial charge on any atom is -0.492 e. The van der Waals surface area contributed by atoms with Crippen molar-refractivity contribution in [2.45, 2.75) is 27.2 Å². The molecule has 0 saturated carbocycles. The van der Waals surface area contributed by atoms with Gasteiger partial charge >= 0.3 is 0 Å². The van der Waals surface area contributed by atoms with E-state index < -0.39 is 11.8 Å². The number of carbonyl (C=O) groups excluding carboxylic acids is 2. The van der Waals surface area contributed by atoms with Crippen LogP contribution in [0, 0.1) is 13.8 Å². The maximum Gasteiger partial charge on any atom is 0.276 e. The van der Waals surface area contributed by atoms with Crippen LogP contribution in [0.3, 0.4) is 0 Å². The van der Waals surface area contributed by atoms with Gasteiger partial charge in [-0.1, -0.05) is 19.1 Å². The van der Waals surface area contributed by atoms with Gasteiger partial charge in [0.1, 0.15) is 11.5 Å². The summed E-state index contributed by atoms with van der Waals surface area (Å²) in [7, 11) is 0. The Bertz CT molecular complexity index is 936. The lowest BCUT2D eigenvalue weighted by Gasteiger charge is -2.13. The summed E-state index contributed by atoms with van der Waals surface area (Å²) < 4.78 is 11.7. The summed E-state index contributed by atoms with van der Waals surface area (Å²) in [5.74, 6) is 0.437. The van der Waals surface area contributed by atoms with E-state index in [0.717, 1.165) is 17.5 Å². The number of carbonyl (C=O) groups is 2. The Balaban J connectivity index is 1.79. The number of rotatable bonds is 7. The Morgan fingerprint density at radius 3 is 2.53 bits per heavy atom. The highest BCUT2D eigenvalue weighted by atomic mass is 79.9. The van der Waals surface area contributed by atoms with E-state index in [9.17, 15) is 9.59 Å². The molecule has 30 heavy (non-hydrogen) atoms. The van der Waals surface area contributed by atoms with Gasteiger partial charge in [-0.05, 0) is 83.8 Å². The largest absolute Gasteiger partial charge is 0.492 e. The third-order valence-electron chi connectivity index (χ3n) is 4.11. The number of aryl methyl sites for hydroxylation is 1. The third kappa shape index (κ3) is 7.00. The van der Waals surface area contributed by atoms with Crippen molar-refractivity contribution in [1.29, 1.82) is 0 Å². The molecule has 0 atom stereocenters. The molecule has 0 saturated heterocycles. The van der Waals surface area contributed by atoms with Crippen molar-refractivity contribution in [2.24, 2.45) is 0 Å². The van der Waals surface area contributed by atoms with Crippen LogP contribution in [0.2, 0.25) is 0 Å². The summed E-state index contributed by atoms with van der Waals surface area (Å²) >= 11 is 8.43. The Morgan fingerprint density at radius 2 is 1.83 bits per heavy atom. The fraction of sp³-hybridized carbons (Fsp3) is 0.286. The second kappa shape index (κ2) is 11.5. The first-order valence-corrected chi connectivity index (χ1v) is 10.5. The van der Waals surface area contributed by atoms with E-state index in [1.165, 1.54) is 0 Å². The van der Waals surface area contributed by atoms with Gasteiger partial charge in [0.05, 0.1) is 11.1 Å². The first kappa shape index (κ1) is 23.6. The van der Waals surface area contributed by atoms with Crippen molar-refractivity contribution in [2.75, 3.05) is 13.2 Å². The summed E-state index contributed by atoms with van der Waals surface area (Å²) in [5, 5.41) is 2.46. The van der Waals surface area contributed by atoms with Crippen LogP contribution >= 0.6 is 28.1 Å². The fourth-order valence-corrected chi connectivity index (χ4v) is 3.00. The van der Waals surface area contributed by atoms with Crippen LogP contribution in [0.4, 0.5) is 0 Å². The molecule has 2 aromatic carbocycles. The number of hydrogen-bond acceptors (Lipinski definition) is 5. The smallest absolute Gasteiger partial charge is 0.276 e. The Kier molecular flexibility index (Phi) is 9.07. The zero-order chi connectivity index (χ0) is 22.1. The molecule has 0 aromatic heterocycles. The molecule has 0 radical (unpaired) electrons. The zero-order valence-electron chi connectivity index (χ0n) is 17.0. The molecular formula is C21H24BrN3O4S. The lowest BCUT2D eigenvalue weighted by atomic mass is 10.1. The van der Waals surface area contributed by atoms with Gasteiger partial charge in [-0.15, -0.1) is 0 Å². The number of thiocarbonyl (C=S) groups is 1. The minimum atomic E-state index is -0.437. The van der Waals surface area contributed by atoms with Crippen molar-refractivity contribution >= 4 is 45.1 Å². The first-order chi connectivity index (χ1) is 14.3. The summed E-state index contributed by atoms with van der Waals surface area (Å²) in [6, 6.07) is 10.6. The normalized spacial score (nSPS) is 10.1. The standard InChI is InChI=1S/C21H24BrN3O4S/c1-4-10-28-18-9-8-15(11-16(18)22)20(27)23-21(30)25-24-19(26)12-29-17-7-5-6-13(2)14(17)3/h5-9,11H,4,10,12H2,1-3H3,(H,24,26)(H2,23,25,27,30). The van der Waals surface area contributed by atoms with Crippen molar-refractivity contribution < 1.29 is 19.1 Å². The highest BCUT2D eigenvalue weighted by Gasteiger charge is 2.12. The molecule has 9 heteroatoms. The number of halogens is 1. The van der Waals surface area contributed by atoms with Crippen LogP contribution in [0.5, 0.6) is 11.5 Å².